The van der Waals surface area contributed by atoms with Crippen LogP contribution < -0.4 is 0 Å². The van der Waals surface area contributed by atoms with Crippen LogP contribution >= 0.6 is 0 Å². The molecule has 0 aliphatic rings. The molecule has 3 rings (SSSR count). The number of aromatic nitrogens is 3. The summed E-state index contributed by atoms with van der Waals surface area (Å²) in [6.07, 6.45) is 1.87. The van der Waals surface area contributed by atoms with E-state index in [-0.39, 0.29) is 12.6 Å². The van der Waals surface area contributed by atoms with Crippen molar-refractivity contribution in [3.63, 3.8) is 0 Å². The molecule has 1 atom stereocenters. The van der Waals surface area contributed by atoms with Gasteiger partial charge in [-0.2, -0.15) is 0 Å². The van der Waals surface area contributed by atoms with Gasteiger partial charge in [-0.15, -0.1) is 5.10 Å². The Morgan fingerprint density at radius 2 is 1.76 bits per heavy atom. The van der Waals surface area contributed by atoms with Gasteiger partial charge < -0.3 is 5.11 Å². The van der Waals surface area contributed by atoms with E-state index in [1.54, 1.807) is 4.68 Å². The van der Waals surface area contributed by atoms with Crippen molar-refractivity contribution in [3.05, 3.63) is 71.9 Å². The van der Waals surface area contributed by atoms with E-state index in [1.165, 1.54) is 5.56 Å². The van der Waals surface area contributed by atoms with E-state index in [0.29, 0.717) is 0 Å². The lowest BCUT2D eigenvalue weighted by Crippen LogP contribution is -2.15. The fourth-order valence-corrected chi connectivity index (χ4v) is 2.30. The molecule has 0 bridgehead atoms. The third-order valence-electron chi connectivity index (χ3n) is 3.53. The number of hydrogen-bond donors (Lipinski definition) is 1. The van der Waals surface area contributed by atoms with E-state index in [1.807, 2.05) is 67.7 Å². The molecule has 0 fully saturated rings. The summed E-state index contributed by atoms with van der Waals surface area (Å²) in [7, 11) is 0. The third-order valence-corrected chi connectivity index (χ3v) is 3.53. The molecule has 0 radical (unpaired) electrons. The van der Waals surface area contributed by atoms with Crippen LogP contribution in [-0.4, -0.2) is 26.7 Å². The van der Waals surface area contributed by atoms with E-state index < -0.39 is 0 Å². The Morgan fingerprint density at radius 1 is 1.05 bits per heavy atom. The summed E-state index contributed by atoms with van der Waals surface area (Å²) in [6, 6.07) is 17.8. The molecule has 0 saturated heterocycles. The molecule has 1 heterocycles. The number of aliphatic hydroxyl groups is 1. The first-order chi connectivity index (χ1) is 10.3. The van der Waals surface area contributed by atoms with Crippen LogP contribution in [0, 0.1) is 6.92 Å². The van der Waals surface area contributed by atoms with Gasteiger partial charge in [0.1, 0.15) is 11.7 Å². The summed E-state index contributed by atoms with van der Waals surface area (Å²) in [5.41, 5.74) is 4.04. The summed E-state index contributed by atoms with van der Waals surface area (Å²) < 4.78 is 1.72. The van der Waals surface area contributed by atoms with Crippen LogP contribution in [0.5, 0.6) is 0 Å². The predicted octanol–water partition coefficient (Wildman–Crippen LogP) is 2.84. The molecule has 0 aliphatic carbocycles. The van der Waals surface area contributed by atoms with E-state index in [0.717, 1.165) is 16.8 Å². The lowest BCUT2D eigenvalue weighted by molar-refractivity contribution is 0.239. The van der Waals surface area contributed by atoms with Crippen molar-refractivity contribution in [2.75, 3.05) is 6.61 Å². The first kappa shape index (κ1) is 13.5. The van der Waals surface area contributed by atoms with Crippen molar-refractivity contribution in [2.24, 2.45) is 0 Å². The van der Waals surface area contributed by atoms with Crippen molar-refractivity contribution in [3.8, 4) is 11.3 Å². The van der Waals surface area contributed by atoms with E-state index in [2.05, 4.69) is 10.3 Å². The molecule has 1 aromatic heterocycles. The molecule has 1 unspecified atom stereocenters. The van der Waals surface area contributed by atoms with Crippen molar-refractivity contribution in [1.29, 1.82) is 0 Å². The number of aliphatic hydroxyl groups excluding tert-OH is 1. The highest BCUT2D eigenvalue weighted by molar-refractivity contribution is 5.57. The molecular formula is C17H17N3O. The largest absolute Gasteiger partial charge is 0.394 e. The molecule has 2 aromatic carbocycles. The first-order valence-corrected chi connectivity index (χ1v) is 6.92. The summed E-state index contributed by atoms with van der Waals surface area (Å²) in [5, 5.41) is 18.1. The minimum absolute atomic E-state index is 0.0132. The van der Waals surface area contributed by atoms with Gasteiger partial charge in [-0.05, 0) is 12.5 Å². The molecule has 0 saturated carbocycles. The zero-order valence-corrected chi connectivity index (χ0v) is 11.8. The Morgan fingerprint density at radius 3 is 2.43 bits per heavy atom. The molecule has 0 amide bonds. The topological polar surface area (TPSA) is 50.9 Å². The molecule has 3 aromatic rings. The van der Waals surface area contributed by atoms with E-state index in [4.69, 9.17) is 0 Å². The van der Waals surface area contributed by atoms with Crippen molar-refractivity contribution in [1.82, 2.24) is 15.0 Å². The molecule has 0 spiro atoms. The molecule has 0 aliphatic heterocycles. The average molecular weight is 279 g/mol. The van der Waals surface area contributed by atoms with Crippen LogP contribution in [0.4, 0.5) is 0 Å². The standard InChI is InChI=1S/C17H17N3O/c1-13-7-9-15(10-8-13)17(12-21)20-11-16(18-19-20)14-5-3-2-4-6-14/h2-11,17,21H,12H2,1H3. The normalized spacial score (nSPS) is 12.3. The Labute approximate surface area is 123 Å². The minimum atomic E-state index is -0.212. The van der Waals surface area contributed by atoms with Crippen LogP contribution in [0.15, 0.2) is 60.8 Å². The van der Waals surface area contributed by atoms with Crippen molar-refractivity contribution in [2.45, 2.75) is 13.0 Å². The van der Waals surface area contributed by atoms with Gasteiger partial charge in [0.05, 0.1) is 12.8 Å². The van der Waals surface area contributed by atoms with E-state index in [9.17, 15) is 5.11 Å². The maximum atomic E-state index is 9.69. The Kier molecular flexibility index (Phi) is 3.79. The Balaban J connectivity index is 1.92. The maximum Gasteiger partial charge on any atom is 0.113 e. The molecule has 21 heavy (non-hydrogen) atoms. The maximum absolute atomic E-state index is 9.69. The Bertz CT molecular complexity index is 704. The van der Waals surface area contributed by atoms with E-state index >= 15 is 0 Å². The monoisotopic (exact) mass is 279 g/mol. The highest BCUT2D eigenvalue weighted by atomic mass is 16.3. The van der Waals surface area contributed by atoms with Gasteiger partial charge in [0.2, 0.25) is 0 Å². The number of aryl methyl sites for hydroxylation is 1. The van der Waals surface area contributed by atoms with Crippen LogP contribution in [-0.2, 0) is 0 Å². The average Bonchev–Trinajstić information content (AvgIpc) is 3.00. The smallest absolute Gasteiger partial charge is 0.113 e. The van der Waals surface area contributed by atoms with Crippen molar-refractivity contribution < 1.29 is 5.11 Å². The zero-order valence-electron chi connectivity index (χ0n) is 11.8. The molecule has 4 heteroatoms. The Hall–Kier alpha value is -2.46. The van der Waals surface area contributed by atoms with Gasteiger partial charge in [-0.1, -0.05) is 65.4 Å². The third kappa shape index (κ3) is 2.85. The second-order valence-corrected chi connectivity index (χ2v) is 5.06. The van der Waals surface area contributed by atoms with Crippen LogP contribution in [0.2, 0.25) is 0 Å². The molecule has 4 nitrogen and oxygen atoms in total. The summed E-state index contributed by atoms with van der Waals surface area (Å²) in [5.74, 6) is 0. The zero-order chi connectivity index (χ0) is 14.7. The van der Waals surface area contributed by atoms with Crippen molar-refractivity contribution >= 4 is 0 Å². The predicted molar refractivity (Wildman–Crippen MR) is 81.9 cm³/mol. The van der Waals surface area contributed by atoms with Gasteiger partial charge in [0, 0.05) is 5.56 Å². The van der Waals surface area contributed by atoms with Gasteiger partial charge in [-0.25, -0.2) is 4.68 Å². The highest BCUT2D eigenvalue weighted by Crippen LogP contribution is 2.21. The van der Waals surface area contributed by atoms with Gasteiger partial charge >= 0.3 is 0 Å². The van der Waals surface area contributed by atoms with Gasteiger partial charge in [0.15, 0.2) is 0 Å². The lowest BCUT2D eigenvalue weighted by Gasteiger charge is -2.14. The highest BCUT2D eigenvalue weighted by Gasteiger charge is 2.15. The van der Waals surface area contributed by atoms with Crippen LogP contribution in [0.25, 0.3) is 11.3 Å². The number of hydrogen-bond acceptors (Lipinski definition) is 3. The fraction of sp³-hybridized carbons (Fsp3) is 0.176. The van der Waals surface area contributed by atoms with Gasteiger partial charge in [0.25, 0.3) is 0 Å². The number of nitrogens with zero attached hydrogens (tertiary/aromatic N) is 3. The quantitative estimate of drug-likeness (QED) is 0.799. The fourth-order valence-electron chi connectivity index (χ4n) is 2.30. The lowest BCUT2D eigenvalue weighted by atomic mass is 10.1. The molecule has 1 N–H and O–H groups in total. The number of rotatable bonds is 4. The molecule has 106 valence electrons. The van der Waals surface area contributed by atoms with Crippen LogP contribution in [0.1, 0.15) is 17.2 Å². The van der Waals surface area contributed by atoms with Crippen LogP contribution in [0.3, 0.4) is 0 Å². The van der Waals surface area contributed by atoms with Gasteiger partial charge in [-0.3, -0.25) is 0 Å². The SMILES string of the molecule is Cc1ccc(C(CO)n2cc(-c3ccccc3)nn2)cc1. The number of benzene rings is 2. The second kappa shape index (κ2) is 5.89. The second-order valence-electron chi connectivity index (χ2n) is 5.06. The first-order valence-electron chi connectivity index (χ1n) is 6.92. The minimum Gasteiger partial charge on any atom is -0.394 e. The summed E-state index contributed by atoms with van der Waals surface area (Å²) in [4.78, 5) is 0. The summed E-state index contributed by atoms with van der Waals surface area (Å²) >= 11 is 0. The summed E-state index contributed by atoms with van der Waals surface area (Å²) in [6.45, 7) is 2.03. The molecular weight excluding hydrogens is 262 g/mol.